The van der Waals surface area contributed by atoms with E-state index in [1.165, 1.54) is 11.8 Å². The van der Waals surface area contributed by atoms with E-state index in [1.54, 1.807) is 23.3 Å². The topological polar surface area (TPSA) is 60.2 Å². The Bertz CT molecular complexity index is 1180. The summed E-state index contributed by atoms with van der Waals surface area (Å²) >= 11 is 2.99. The van der Waals surface area contributed by atoms with Crippen LogP contribution in [0.5, 0.6) is 5.75 Å². The zero-order valence-electron chi connectivity index (χ0n) is 18.1. The normalized spacial score (nSPS) is 11.8. The second-order valence-corrected chi connectivity index (χ2v) is 9.22. The average molecular weight is 465 g/mol. The van der Waals surface area contributed by atoms with Gasteiger partial charge in [0.1, 0.15) is 5.75 Å². The molecular formula is C24H24N4O2S2. The molecule has 1 atom stereocenters. The molecule has 1 amide bonds. The van der Waals surface area contributed by atoms with Gasteiger partial charge in [0.15, 0.2) is 11.0 Å². The minimum Gasteiger partial charge on any atom is -0.495 e. The van der Waals surface area contributed by atoms with Gasteiger partial charge >= 0.3 is 0 Å². The molecule has 1 unspecified atom stereocenters. The molecule has 0 spiro atoms. The number of ether oxygens (including phenoxy) is 1. The van der Waals surface area contributed by atoms with Gasteiger partial charge in [-0.2, -0.15) is 0 Å². The van der Waals surface area contributed by atoms with E-state index >= 15 is 0 Å². The number of hydrogen-bond acceptors (Lipinski definition) is 6. The van der Waals surface area contributed by atoms with Crippen LogP contribution in [0.25, 0.3) is 16.4 Å². The van der Waals surface area contributed by atoms with Crippen LogP contribution in [0.15, 0.2) is 77.3 Å². The first-order valence-corrected chi connectivity index (χ1v) is 12.1. The van der Waals surface area contributed by atoms with Crippen molar-refractivity contribution in [2.24, 2.45) is 0 Å². The number of thiophene rings is 1. The molecule has 2 heterocycles. The number of carbonyl (C=O) groups is 1. The highest BCUT2D eigenvalue weighted by molar-refractivity contribution is 8.00. The number of amides is 1. The van der Waals surface area contributed by atoms with Gasteiger partial charge in [-0.05, 0) is 49.6 Å². The van der Waals surface area contributed by atoms with Crippen LogP contribution in [0, 0.1) is 0 Å². The highest BCUT2D eigenvalue weighted by Crippen LogP contribution is 2.35. The number of nitrogens with zero attached hydrogens (tertiary/aromatic N) is 4. The Balaban J connectivity index is 1.70. The summed E-state index contributed by atoms with van der Waals surface area (Å²) in [5.41, 5.74) is 1.72. The largest absolute Gasteiger partial charge is 0.495 e. The molecule has 0 fully saturated rings. The lowest BCUT2D eigenvalue weighted by molar-refractivity contribution is -0.117. The van der Waals surface area contributed by atoms with Crippen molar-refractivity contribution in [3.05, 3.63) is 72.1 Å². The molecule has 8 heteroatoms. The number of rotatable bonds is 8. The van der Waals surface area contributed by atoms with E-state index < -0.39 is 0 Å². The molecule has 0 radical (unpaired) electrons. The maximum atomic E-state index is 13.3. The smallest absolute Gasteiger partial charge is 0.240 e. The molecule has 32 heavy (non-hydrogen) atoms. The Morgan fingerprint density at radius 1 is 1.09 bits per heavy atom. The van der Waals surface area contributed by atoms with Gasteiger partial charge in [0.05, 0.1) is 22.9 Å². The summed E-state index contributed by atoms with van der Waals surface area (Å²) in [5.74, 6) is 1.46. The van der Waals surface area contributed by atoms with E-state index in [1.807, 2.05) is 90.5 Å². The Morgan fingerprint density at radius 2 is 1.84 bits per heavy atom. The summed E-state index contributed by atoms with van der Waals surface area (Å²) < 4.78 is 7.58. The quantitative estimate of drug-likeness (QED) is 0.321. The molecule has 0 bridgehead atoms. The molecule has 4 rings (SSSR count). The summed E-state index contributed by atoms with van der Waals surface area (Å²) in [7, 11) is 1.64. The summed E-state index contributed by atoms with van der Waals surface area (Å²) in [6.07, 6.45) is 0. The number of aromatic nitrogens is 3. The van der Waals surface area contributed by atoms with Crippen molar-refractivity contribution in [2.75, 3.05) is 18.6 Å². The van der Waals surface area contributed by atoms with Gasteiger partial charge in [-0.1, -0.05) is 48.2 Å². The van der Waals surface area contributed by atoms with Gasteiger partial charge in [-0.25, -0.2) is 0 Å². The molecule has 4 aromatic rings. The third-order valence-electron chi connectivity index (χ3n) is 4.98. The van der Waals surface area contributed by atoms with Crippen LogP contribution in [-0.4, -0.2) is 39.6 Å². The fourth-order valence-electron chi connectivity index (χ4n) is 3.44. The van der Waals surface area contributed by atoms with Crippen molar-refractivity contribution in [3.8, 4) is 22.1 Å². The van der Waals surface area contributed by atoms with Crippen LogP contribution in [-0.2, 0) is 4.79 Å². The summed E-state index contributed by atoms with van der Waals surface area (Å²) in [6.45, 7) is 4.48. The first-order chi connectivity index (χ1) is 15.6. The third-order valence-corrected chi connectivity index (χ3v) is 6.88. The van der Waals surface area contributed by atoms with Crippen LogP contribution < -0.4 is 9.64 Å². The van der Waals surface area contributed by atoms with Crippen molar-refractivity contribution in [2.45, 2.75) is 24.3 Å². The lowest BCUT2D eigenvalue weighted by atomic mass is 10.2. The zero-order chi connectivity index (χ0) is 22.5. The number of carbonyl (C=O) groups excluding carboxylic acids is 1. The van der Waals surface area contributed by atoms with Gasteiger partial charge in [-0.15, -0.1) is 21.5 Å². The molecule has 0 aliphatic carbocycles. The lowest BCUT2D eigenvalue weighted by Crippen LogP contribution is -2.36. The molecular weight excluding hydrogens is 440 g/mol. The van der Waals surface area contributed by atoms with Crippen molar-refractivity contribution in [1.29, 1.82) is 0 Å². The minimum atomic E-state index is -0.357. The number of para-hydroxylation sites is 3. The van der Waals surface area contributed by atoms with Crippen molar-refractivity contribution >= 4 is 34.7 Å². The monoisotopic (exact) mass is 464 g/mol. The van der Waals surface area contributed by atoms with Gasteiger partial charge in [0.2, 0.25) is 5.91 Å². The predicted molar refractivity (Wildman–Crippen MR) is 131 cm³/mol. The van der Waals surface area contributed by atoms with Gasteiger partial charge in [0.25, 0.3) is 0 Å². The van der Waals surface area contributed by atoms with Crippen LogP contribution >= 0.6 is 23.1 Å². The molecule has 2 aromatic heterocycles. The third kappa shape index (κ3) is 4.42. The molecule has 164 valence electrons. The second kappa shape index (κ2) is 10.0. The van der Waals surface area contributed by atoms with Gasteiger partial charge < -0.3 is 9.64 Å². The number of anilines is 1. The molecule has 0 saturated heterocycles. The first kappa shape index (κ1) is 22.1. The van der Waals surface area contributed by atoms with E-state index in [0.29, 0.717) is 17.5 Å². The summed E-state index contributed by atoms with van der Waals surface area (Å²) in [6, 6.07) is 21.5. The lowest BCUT2D eigenvalue weighted by Gasteiger charge is -2.24. The van der Waals surface area contributed by atoms with Crippen LogP contribution in [0.4, 0.5) is 5.69 Å². The Kier molecular flexibility index (Phi) is 6.92. The first-order valence-electron chi connectivity index (χ1n) is 10.3. The maximum absolute atomic E-state index is 13.3. The van der Waals surface area contributed by atoms with Crippen molar-refractivity contribution in [3.63, 3.8) is 0 Å². The minimum absolute atomic E-state index is 0.0240. The highest BCUT2D eigenvalue weighted by atomic mass is 32.2. The predicted octanol–water partition coefficient (Wildman–Crippen LogP) is 5.54. The van der Waals surface area contributed by atoms with Gasteiger partial charge in [-0.3, -0.25) is 9.36 Å². The Hall–Kier alpha value is -3.10. The molecule has 2 aromatic carbocycles. The number of benzene rings is 2. The molecule has 0 aliphatic rings. The van der Waals surface area contributed by atoms with Crippen LogP contribution in [0.1, 0.15) is 13.8 Å². The summed E-state index contributed by atoms with van der Waals surface area (Å²) in [5, 5.41) is 11.2. The number of thioether (sulfide) groups is 1. The zero-order valence-corrected chi connectivity index (χ0v) is 19.8. The van der Waals surface area contributed by atoms with E-state index in [-0.39, 0.29) is 11.2 Å². The second-order valence-electron chi connectivity index (χ2n) is 6.97. The van der Waals surface area contributed by atoms with Gasteiger partial charge in [0, 0.05) is 12.2 Å². The van der Waals surface area contributed by atoms with E-state index in [9.17, 15) is 4.79 Å². The summed E-state index contributed by atoms with van der Waals surface area (Å²) in [4.78, 5) is 16.1. The van der Waals surface area contributed by atoms with E-state index in [2.05, 4.69) is 10.2 Å². The van der Waals surface area contributed by atoms with E-state index in [0.717, 1.165) is 22.1 Å². The number of methoxy groups -OCH3 is 1. The van der Waals surface area contributed by atoms with Crippen LogP contribution in [0.2, 0.25) is 0 Å². The molecule has 0 aliphatic heterocycles. The standard InChI is InChI=1S/C24H24N4O2S2/c1-4-27(18-11-6-5-7-12-18)23(29)17(2)32-24-26-25-22(21-15-10-16-31-21)28(24)19-13-8-9-14-20(19)30-3/h5-17H,4H2,1-3H3. The SMILES string of the molecule is CCN(C(=O)C(C)Sc1nnc(-c2cccs2)n1-c1ccccc1OC)c1ccccc1. The fourth-order valence-corrected chi connectivity index (χ4v) is 5.07. The average Bonchev–Trinajstić information content (AvgIpc) is 3.50. The van der Waals surface area contributed by atoms with E-state index in [4.69, 9.17) is 4.74 Å². The van der Waals surface area contributed by atoms with Crippen molar-refractivity contribution < 1.29 is 9.53 Å². The fraction of sp³-hybridized carbons (Fsp3) is 0.208. The van der Waals surface area contributed by atoms with Crippen molar-refractivity contribution in [1.82, 2.24) is 14.8 Å². The molecule has 0 saturated carbocycles. The maximum Gasteiger partial charge on any atom is 0.240 e. The molecule has 0 N–H and O–H groups in total. The Labute approximate surface area is 195 Å². The molecule has 6 nitrogen and oxygen atoms in total. The Morgan fingerprint density at radius 3 is 2.53 bits per heavy atom. The number of hydrogen-bond donors (Lipinski definition) is 0. The van der Waals surface area contributed by atoms with Crippen LogP contribution in [0.3, 0.4) is 0 Å². The highest BCUT2D eigenvalue weighted by Gasteiger charge is 2.26.